The van der Waals surface area contributed by atoms with E-state index in [1.807, 2.05) is 59.5 Å². The van der Waals surface area contributed by atoms with Gasteiger partial charge >= 0.3 is 5.97 Å². The Balaban J connectivity index is 1.16. The molecule has 166 valence electrons. The molecule has 33 heavy (non-hydrogen) atoms. The molecule has 3 aliphatic rings. The van der Waals surface area contributed by atoms with Crippen molar-refractivity contribution in [3.63, 3.8) is 0 Å². The van der Waals surface area contributed by atoms with Crippen molar-refractivity contribution in [3.05, 3.63) is 95.3 Å². The molecule has 6 rings (SSSR count). The molecule has 1 amide bonds. The topological polar surface area (TPSA) is 68.7 Å². The highest BCUT2D eigenvalue weighted by Crippen LogP contribution is 2.52. The van der Waals surface area contributed by atoms with Gasteiger partial charge in [-0.3, -0.25) is 9.78 Å². The summed E-state index contributed by atoms with van der Waals surface area (Å²) in [5, 5.41) is 0. The molecule has 2 aliphatic heterocycles. The molecule has 0 N–H and O–H groups in total. The van der Waals surface area contributed by atoms with Crippen LogP contribution in [0.3, 0.4) is 0 Å². The van der Waals surface area contributed by atoms with Crippen molar-refractivity contribution in [2.24, 2.45) is 0 Å². The zero-order valence-electron chi connectivity index (χ0n) is 18.2. The first-order valence-corrected chi connectivity index (χ1v) is 11.3. The third-order valence-corrected chi connectivity index (χ3v) is 7.17. The van der Waals surface area contributed by atoms with E-state index in [1.165, 1.54) is 0 Å². The molecule has 6 heteroatoms. The molecule has 1 saturated carbocycles. The summed E-state index contributed by atoms with van der Waals surface area (Å²) in [6.07, 6.45) is 5.81. The van der Waals surface area contributed by atoms with Crippen LogP contribution in [0.4, 0.5) is 0 Å². The lowest BCUT2D eigenvalue weighted by Crippen LogP contribution is -2.40. The zero-order valence-corrected chi connectivity index (χ0v) is 18.2. The summed E-state index contributed by atoms with van der Waals surface area (Å²) in [5.41, 5.74) is 2.43. The standard InChI is InChI=1S/C27H24N2O4/c30-24-22-3-1-2-4-23(22)27(33-24)13-16-29(18-27)25(31)26(11-12-26)20-5-7-21(8-6-20)32-17-19-9-14-28-15-10-19/h1-10,14-15H,11-13,16-18H2/t27-/m0/s1. The van der Waals surface area contributed by atoms with Crippen molar-refractivity contribution in [1.82, 2.24) is 9.88 Å². The quantitative estimate of drug-likeness (QED) is 0.561. The Morgan fingerprint density at radius 1 is 1.00 bits per heavy atom. The summed E-state index contributed by atoms with van der Waals surface area (Å²) in [6, 6.07) is 19.3. The molecule has 1 atom stereocenters. The third-order valence-electron chi connectivity index (χ3n) is 7.17. The van der Waals surface area contributed by atoms with Gasteiger partial charge in [0.15, 0.2) is 5.60 Å². The van der Waals surface area contributed by atoms with E-state index in [-0.39, 0.29) is 11.9 Å². The molecular weight excluding hydrogens is 416 g/mol. The van der Waals surface area contributed by atoms with E-state index in [4.69, 9.17) is 9.47 Å². The maximum absolute atomic E-state index is 13.6. The number of carbonyl (C=O) groups is 2. The van der Waals surface area contributed by atoms with Gasteiger partial charge in [0.1, 0.15) is 12.4 Å². The predicted octanol–water partition coefficient (Wildman–Crippen LogP) is 3.99. The van der Waals surface area contributed by atoms with Gasteiger partial charge < -0.3 is 14.4 Å². The first-order valence-electron chi connectivity index (χ1n) is 11.3. The van der Waals surface area contributed by atoms with Crippen molar-refractivity contribution >= 4 is 11.9 Å². The average molecular weight is 440 g/mol. The van der Waals surface area contributed by atoms with Gasteiger partial charge in [0, 0.05) is 30.9 Å². The number of rotatable bonds is 5. The van der Waals surface area contributed by atoms with Crippen LogP contribution in [-0.2, 0) is 27.2 Å². The Kier molecular flexibility index (Phi) is 4.50. The molecule has 1 spiro atoms. The Bertz CT molecular complexity index is 1220. The van der Waals surface area contributed by atoms with Crippen LogP contribution in [0, 0.1) is 0 Å². The second-order valence-electron chi connectivity index (χ2n) is 9.16. The molecule has 3 aromatic rings. The van der Waals surface area contributed by atoms with Crippen molar-refractivity contribution in [3.8, 4) is 5.75 Å². The minimum atomic E-state index is -0.704. The second-order valence-corrected chi connectivity index (χ2v) is 9.16. The van der Waals surface area contributed by atoms with Gasteiger partial charge in [-0.1, -0.05) is 30.3 Å². The Morgan fingerprint density at radius 2 is 1.76 bits per heavy atom. The van der Waals surface area contributed by atoms with E-state index in [1.54, 1.807) is 18.5 Å². The van der Waals surface area contributed by atoms with E-state index in [2.05, 4.69) is 4.98 Å². The lowest BCUT2D eigenvalue weighted by molar-refractivity contribution is -0.134. The van der Waals surface area contributed by atoms with E-state index < -0.39 is 11.0 Å². The van der Waals surface area contributed by atoms with Crippen LogP contribution >= 0.6 is 0 Å². The number of likely N-dealkylation sites (tertiary alicyclic amines) is 1. The lowest BCUT2D eigenvalue weighted by Gasteiger charge is -2.27. The van der Waals surface area contributed by atoms with Crippen LogP contribution < -0.4 is 4.74 Å². The van der Waals surface area contributed by atoms with Crippen LogP contribution in [0.1, 0.15) is 46.3 Å². The Hall–Kier alpha value is -3.67. The number of fused-ring (bicyclic) bond motifs is 2. The fourth-order valence-corrected chi connectivity index (χ4v) is 5.17. The Morgan fingerprint density at radius 3 is 2.52 bits per heavy atom. The third kappa shape index (κ3) is 3.28. The number of hydrogen-bond donors (Lipinski definition) is 0. The van der Waals surface area contributed by atoms with Crippen molar-refractivity contribution < 1.29 is 19.1 Å². The fourth-order valence-electron chi connectivity index (χ4n) is 5.17. The summed E-state index contributed by atoms with van der Waals surface area (Å²) < 4.78 is 11.7. The SMILES string of the molecule is O=C1O[C@]2(CCN(C(=O)C3(c4ccc(OCc5ccncc5)cc4)CC3)C2)c2ccccc21. The lowest BCUT2D eigenvalue weighted by atomic mass is 9.91. The number of esters is 1. The van der Waals surface area contributed by atoms with E-state index >= 15 is 0 Å². The van der Waals surface area contributed by atoms with Gasteiger partial charge in [0.25, 0.3) is 0 Å². The van der Waals surface area contributed by atoms with Crippen LogP contribution in [-0.4, -0.2) is 34.8 Å². The summed E-state index contributed by atoms with van der Waals surface area (Å²) in [6.45, 7) is 1.49. The normalized spacial score (nSPS) is 22.2. The number of carbonyl (C=O) groups excluding carboxylic acids is 2. The average Bonchev–Trinajstić information content (AvgIpc) is 3.49. The number of nitrogens with zero attached hydrogens (tertiary/aromatic N) is 2. The van der Waals surface area contributed by atoms with E-state index in [0.29, 0.717) is 31.7 Å². The highest BCUT2D eigenvalue weighted by Gasteiger charge is 2.57. The highest BCUT2D eigenvalue weighted by molar-refractivity contribution is 5.96. The molecule has 1 aliphatic carbocycles. The van der Waals surface area contributed by atoms with Crippen LogP contribution in [0.25, 0.3) is 0 Å². The van der Waals surface area contributed by atoms with Gasteiger partial charge in [-0.25, -0.2) is 4.79 Å². The maximum Gasteiger partial charge on any atom is 0.339 e. The van der Waals surface area contributed by atoms with Crippen molar-refractivity contribution in [1.29, 1.82) is 0 Å². The van der Waals surface area contributed by atoms with Gasteiger partial charge in [0.05, 0.1) is 17.5 Å². The fraction of sp³-hybridized carbons (Fsp3) is 0.296. The van der Waals surface area contributed by atoms with Gasteiger partial charge in [0.2, 0.25) is 5.91 Å². The van der Waals surface area contributed by atoms with Crippen LogP contribution in [0.2, 0.25) is 0 Å². The molecule has 3 heterocycles. The molecule has 0 radical (unpaired) electrons. The monoisotopic (exact) mass is 440 g/mol. The molecule has 6 nitrogen and oxygen atoms in total. The summed E-state index contributed by atoms with van der Waals surface area (Å²) in [7, 11) is 0. The van der Waals surface area contributed by atoms with E-state index in [9.17, 15) is 9.59 Å². The highest BCUT2D eigenvalue weighted by atomic mass is 16.6. The first kappa shape index (κ1) is 20.0. The number of amides is 1. The summed E-state index contributed by atoms with van der Waals surface area (Å²) >= 11 is 0. The summed E-state index contributed by atoms with van der Waals surface area (Å²) in [5.74, 6) is 0.613. The largest absolute Gasteiger partial charge is 0.489 e. The van der Waals surface area contributed by atoms with Crippen LogP contribution in [0.5, 0.6) is 5.75 Å². The molecule has 2 fully saturated rings. The predicted molar refractivity (Wildman–Crippen MR) is 121 cm³/mol. The van der Waals surface area contributed by atoms with Gasteiger partial charge in [-0.15, -0.1) is 0 Å². The Labute approximate surface area is 192 Å². The summed E-state index contributed by atoms with van der Waals surface area (Å²) in [4.78, 5) is 31.9. The molecule has 1 aromatic heterocycles. The first-order chi connectivity index (χ1) is 16.1. The molecule has 0 bridgehead atoms. The number of pyridine rings is 1. The molecule has 0 unspecified atom stereocenters. The maximum atomic E-state index is 13.6. The van der Waals surface area contributed by atoms with Crippen molar-refractivity contribution in [2.75, 3.05) is 13.1 Å². The molecular formula is C27H24N2O4. The smallest absolute Gasteiger partial charge is 0.339 e. The molecule has 1 saturated heterocycles. The van der Waals surface area contributed by atoms with Crippen molar-refractivity contribution in [2.45, 2.75) is 36.9 Å². The minimum absolute atomic E-state index is 0.130. The molecule has 2 aromatic carbocycles. The van der Waals surface area contributed by atoms with Gasteiger partial charge in [-0.05, 0) is 54.3 Å². The number of ether oxygens (including phenoxy) is 2. The minimum Gasteiger partial charge on any atom is -0.489 e. The number of aromatic nitrogens is 1. The van der Waals surface area contributed by atoms with Crippen LogP contribution in [0.15, 0.2) is 73.1 Å². The van der Waals surface area contributed by atoms with Gasteiger partial charge in [-0.2, -0.15) is 0 Å². The second kappa shape index (κ2) is 7.44. The zero-order chi connectivity index (χ0) is 22.5. The number of hydrogen-bond acceptors (Lipinski definition) is 5. The number of benzene rings is 2. The van der Waals surface area contributed by atoms with E-state index in [0.717, 1.165) is 35.3 Å².